The summed E-state index contributed by atoms with van der Waals surface area (Å²) in [4.78, 5) is 22.3. The summed E-state index contributed by atoms with van der Waals surface area (Å²) in [6.45, 7) is 11.9. The number of allylic oxidation sites excluding steroid dienone is 2. The summed E-state index contributed by atoms with van der Waals surface area (Å²) in [7, 11) is 0. The molecule has 0 aromatic heterocycles. The zero-order valence-electron chi connectivity index (χ0n) is 19.1. The third-order valence-corrected chi connectivity index (χ3v) is 5.29. The maximum absolute atomic E-state index is 13.2. The summed E-state index contributed by atoms with van der Waals surface area (Å²) in [5.41, 5.74) is 4.37. The Morgan fingerprint density at radius 2 is 1.81 bits per heavy atom. The summed E-state index contributed by atoms with van der Waals surface area (Å²) < 4.78 is 26.5. The summed E-state index contributed by atoms with van der Waals surface area (Å²) >= 11 is 0. The zero-order valence-corrected chi connectivity index (χ0v) is 19.1. The Morgan fingerprint density at radius 1 is 1.23 bits per heavy atom. The Hall–Kier alpha value is -2.50. The van der Waals surface area contributed by atoms with Crippen molar-refractivity contribution in [2.45, 2.75) is 72.1 Å². The molecular formula is C25H35F2NO3. The smallest absolute Gasteiger partial charge is 0.303 e. The lowest BCUT2D eigenvalue weighted by molar-refractivity contribution is -0.137. The third-order valence-electron chi connectivity index (χ3n) is 5.29. The molecule has 0 heterocycles. The van der Waals surface area contributed by atoms with Gasteiger partial charge in [0.1, 0.15) is 0 Å². The summed E-state index contributed by atoms with van der Waals surface area (Å²) in [6, 6.07) is 3.93. The van der Waals surface area contributed by atoms with E-state index in [-0.39, 0.29) is 24.7 Å². The first-order valence-electron chi connectivity index (χ1n) is 10.8. The summed E-state index contributed by atoms with van der Waals surface area (Å²) in [5, 5.41) is 10.9. The molecule has 0 atom stereocenters. The largest absolute Gasteiger partial charge is 0.481 e. The van der Waals surface area contributed by atoms with Crippen LogP contribution in [0.25, 0.3) is 6.08 Å². The van der Waals surface area contributed by atoms with Crippen molar-refractivity contribution < 1.29 is 23.5 Å². The number of aliphatic carboxylic acids is 1. The predicted molar refractivity (Wildman–Crippen MR) is 122 cm³/mol. The highest BCUT2D eigenvalue weighted by molar-refractivity contribution is 5.99. The first kappa shape index (κ1) is 26.5. The van der Waals surface area contributed by atoms with Crippen LogP contribution in [0.3, 0.4) is 0 Å². The number of hydrogen-bond donors (Lipinski definition) is 2. The van der Waals surface area contributed by atoms with Crippen LogP contribution in [0, 0.1) is 19.8 Å². The SMILES string of the molecule is C=C(C)/C=C\c1c(C)ccc(C)c1C(=O)NCC1CCC(F)(F)CC1.CCCC(=O)O. The molecule has 4 nitrogen and oxygen atoms in total. The minimum Gasteiger partial charge on any atom is -0.481 e. The molecule has 1 saturated carbocycles. The monoisotopic (exact) mass is 435 g/mol. The molecule has 1 aromatic rings. The van der Waals surface area contributed by atoms with Crippen molar-refractivity contribution in [3.63, 3.8) is 0 Å². The van der Waals surface area contributed by atoms with Crippen molar-refractivity contribution in [1.29, 1.82) is 0 Å². The van der Waals surface area contributed by atoms with E-state index >= 15 is 0 Å². The van der Waals surface area contributed by atoms with E-state index in [1.54, 1.807) is 0 Å². The van der Waals surface area contributed by atoms with Gasteiger partial charge in [-0.3, -0.25) is 9.59 Å². The molecule has 2 N–H and O–H groups in total. The van der Waals surface area contributed by atoms with E-state index in [0.29, 0.717) is 31.4 Å². The minimum atomic E-state index is -2.53. The second kappa shape index (κ2) is 12.4. The van der Waals surface area contributed by atoms with E-state index in [1.807, 2.05) is 52.0 Å². The molecule has 1 aromatic carbocycles. The van der Waals surface area contributed by atoms with Crippen LogP contribution in [0.1, 0.15) is 79.4 Å². The summed E-state index contributed by atoms with van der Waals surface area (Å²) in [6.07, 6.45) is 5.59. The highest BCUT2D eigenvalue weighted by Crippen LogP contribution is 2.35. The van der Waals surface area contributed by atoms with Crippen LogP contribution in [-0.2, 0) is 4.79 Å². The normalized spacial score (nSPS) is 15.8. The van der Waals surface area contributed by atoms with Gasteiger partial charge in [0.2, 0.25) is 5.92 Å². The van der Waals surface area contributed by atoms with Gasteiger partial charge in [-0.25, -0.2) is 8.78 Å². The Bertz CT molecular complexity index is 805. The van der Waals surface area contributed by atoms with E-state index < -0.39 is 11.9 Å². The Kier molecular flexibility index (Phi) is 10.6. The Balaban J connectivity index is 0.000000703. The number of nitrogens with one attached hydrogen (secondary N) is 1. The van der Waals surface area contributed by atoms with Gasteiger partial charge in [-0.15, -0.1) is 0 Å². The van der Waals surface area contributed by atoms with Gasteiger partial charge in [-0.05, 0) is 62.6 Å². The maximum atomic E-state index is 13.2. The van der Waals surface area contributed by atoms with Crippen LogP contribution in [0.5, 0.6) is 0 Å². The number of carbonyl (C=O) groups is 2. The number of carbonyl (C=O) groups excluding carboxylic acids is 1. The van der Waals surface area contributed by atoms with Crippen LogP contribution in [0.2, 0.25) is 0 Å². The minimum absolute atomic E-state index is 0.0798. The number of alkyl halides is 2. The van der Waals surface area contributed by atoms with Gasteiger partial charge in [0.15, 0.2) is 0 Å². The lowest BCUT2D eigenvalue weighted by Gasteiger charge is -2.28. The van der Waals surface area contributed by atoms with Crippen molar-refractivity contribution in [2.24, 2.45) is 5.92 Å². The number of amides is 1. The Labute approximate surface area is 184 Å². The molecular weight excluding hydrogens is 400 g/mol. The predicted octanol–water partition coefficient (Wildman–Crippen LogP) is 6.32. The van der Waals surface area contributed by atoms with Crippen LogP contribution in [0.4, 0.5) is 8.78 Å². The molecule has 0 spiro atoms. The van der Waals surface area contributed by atoms with Gasteiger partial charge in [0.05, 0.1) is 0 Å². The van der Waals surface area contributed by atoms with Crippen LogP contribution < -0.4 is 5.32 Å². The molecule has 0 unspecified atom stereocenters. The molecule has 2 rings (SSSR count). The van der Waals surface area contributed by atoms with E-state index in [2.05, 4.69) is 11.9 Å². The molecule has 1 fully saturated rings. The number of rotatable bonds is 7. The molecule has 0 saturated heterocycles. The second-order valence-corrected chi connectivity index (χ2v) is 8.32. The third kappa shape index (κ3) is 9.45. The van der Waals surface area contributed by atoms with Crippen LogP contribution in [-0.4, -0.2) is 29.5 Å². The van der Waals surface area contributed by atoms with E-state index in [9.17, 15) is 18.4 Å². The zero-order chi connectivity index (χ0) is 23.6. The molecule has 172 valence electrons. The molecule has 1 aliphatic rings. The molecule has 6 heteroatoms. The average Bonchev–Trinajstić information content (AvgIpc) is 2.67. The van der Waals surface area contributed by atoms with Crippen molar-refractivity contribution in [3.05, 3.63) is 52.6 Å². The molecule has 31 heavy (non-hydrogen) atoms. The van der Waals surface area contributed by atoms with E-state index in [1.165, 1.54) is 0 Å². The fourth-order valence-electron chi connectivity index (χ4n) is 3.42. The van der Waals surface area contributed by atoms with Gasteiger partial charge < -0.3 is 10.4 Å². The van der Waals surface area contributed by atoms with Crippen molar-refractivity contribution in [3.8, 4) is 0 Å². The number of carboxylic acid groups (broad SMARTS) is 1. The van der Waals surface area contributed by atoms with E-state index in [4.69, 9.17) is 5.11 Å². The number of hydrogen-bond acceptors (Lipinski definition) is 2. The van der Waals surface area contributed by atoms with E-state index in [0.717, 1.165) is 28.7 Å². The topological polar surface area (TPSA) is 66.4 Å². The second-order valence-electron chi connectivity index (χ2n) is 8.32. The molecule has 0 aliphatic heterocycles. The molecule has 0 bridgehead atoms. The number of benzene rings is 1. The van der Waals surface area contributed by atoms with Gasteiger partial charge in [0, 0.05) is 31.4 Å². The van der Waals surface area contributed by atoms with Gasteiger partial charge in [-0.1, -0.05) is 43.4 Å². The quantitative estimate of drug-likeness (QED) is 0.493. The maximum Gasteiger partial charge on any atom is 0.303 e. The number of aryl methyl sites for hydroxylation is 2. The standard InChI is InChI=1S/C21H27F2NO.C4H8O2/c1-14(2)5-8-18-15(3)6-7-16(4)19(18)20(25)24-13-17-9-11-21(22,23)12-10-17;1-2-3-4(5)6/h5-8,17H,1,9-13H2,2-4H3,(H,24,25);2-3H2,1H3,(H,5,6)/b8-5-;. The number of halogens is 2. The van der Waals surface area contributed by atoms with Crippen LogP contribution in [0.15, 0.2) is 30.4 Å². The molecule has 1 aliphatic carbocycles. The van der Waals surface area contributed by atoms with Gasteiger partial charge in [-0.2, -0.15) is 0 Å². The lowest BCUT2D eigenvalue weighted by Crippen LogP contribution is -2.34. The highest BCUT2D eigenvalue weighted by Gasteiger charge is 2.34. The Morgan fingerprint density at radius 3 is 2.29 bits per heavy atom. The van der Waals surface area contributed by atoms with Crippen molar-refractivity contribution in [1.82, 2.24) is 5.32 Å². The lowest BCUT2D eigenvalue weighted by atomic mass is 9.86. The average molecular weight is 436 g/mol. The van der Waals surface area contributed by atoms with Gasteiger partial charge in [0.25, 0.3) is 5.91 Å². The fourth-order valence-corrected chi connectivity index (χ4v) is 3.42. The molecule has 1 amide bonds. The highest BCUT2D eigenvalue weighted by atomic mass is 19.3. The number of carboxylic acids is 1. The van der Waals surface area contributed by atoms with Crippen molar-refractivity contribution >= 4 is 18.0 Å². The van der Waals surface area contributed by atoms with Crippen LogP contribution >= 0.6 is 0 Å². The molecule has 0 radical (unpaired) electrons. The van der Waals surface area contributed by atoms with Gasteiger partial charge >= 0.3 is 5.97 Å². The summed E-state index contributed by atoms with van der Waals surface area (Å²) in [5.74, 6) is -3.26. The first-order valence-corrected chi connectivity index (χ1v) is 10.8. The fraction of sp³-hybridized carbons (Fsp3) is 0.520. The first-order chi connectivity index (χ1) is 14.5. The van der Waals surface area contributed by atoms with Crippen molar-refractivity contribution in [2.75, 3.05) is 6.54 Å².